The lowest BCUT2D eigenvalue weighted by Crippen LogP contribution is -2.31. The fraction of sp³-hybridized carbons (Fsp3) is 0.200. The Labute approximate surface area is 115 Å². The van der Waals surface area contributed by atoms with Gasteiger partial charge in [0.15, 0.2) is 0 Å². The van der Waals surface area contributed by atoms with Crippen LogP contribution in [0, 0.1) is 20.2 Å². The molecule has 3 N–H and O–H groups in total. The van der Waals surface area contributed by atoms with Gasteiger partial charge in [-0.2, -0.15) is 0 Å². The number of carbonyl (C=O) groups is 2. The molecule has 3 amide bonds. The highest BCUT2D eigenvalue weighted by molar-refractivity contribution is 6.04. The third kappa shape index (κ3) is 2.70. The zero-order chi connectivity index (χ0) is 15.7. The molecule has 1 saturated heterocycles. The number of imide groups is 1. The molecule has 0 radical (unpaired) electrons. The lowest BCUT2D eigenvalue weighted by molar-refractivity contribution is -0.396. The molecule has 0 aromatic heterocycles. The highest BCUT2D eigenvalue weighted by atomic mass is 16.6. The number of urea groups is 1. The van der Waals surface area contributed by atoms with Crippen LogP contribution >= 0.6 is 0 Å². The minimum atomic E-state index is -1.06. The molecule has 1 aliphatic heterocycles. The van der Waals surface area contributed by atoms with Crippen LogP contribution in [0.15, 0.2) is 12.1 Å². The van der Waals surface area contributed by atoms with Crippen LogP contribution in [-0.2, 0) is 11.2 Å². The minimum absolute atomic E-state index is 0.0635. The fourth-order valence-corrected chi connectivity index (χ4v) is 1.90. The van der Waals surface area contributed by atoms with Gasteiger partial charge >= 0.3 is 17.4 Å². The lowest BCUT2D eigenvalue weighted by atomic mass is 10.0. The van der Waals surface area contributed by atoms with Gasteiger partial charge in [0.25, 0.3) is 11.7 Å². The summed E-state index contributed by atoms with van der Waals surface area (Å²) in [5, 5.41) is 35.3. The van der Waals surface area contributed by atoms with Crippen molar-refractivity contribution in [3.63, 3.8) is 0 Å². The van der Waals surface area contributed by atoms with Crippen molar-refractivity contribution in [2.24, 2.45) is 0 Å². The number of phenolic OH excluding ortho intramolecular Hbond substituents is 1. The highest BCUT2D eigenvalue weighted by Crippen LogP contribution is 2.36. The average molecular weight is 296 g/mol. The number of rotatable bonds is 4. The number of nitro benzene ring substituents is 2. The van der Waals surface area contributed by atoms with Crippen molar-refractivity contribution < 1.29 is 24.5 Å². The van der Waals surface area contributed by atoms with Crippen molar-refractivity contribution in [1.82, 2.24) is 10.6 Å². The summed E-state index contributed by atoms with van der Waals surface area (Å²) in [6.07, 6.45) is -0.181. The number of aromatic hydroxyl groups is 1. The molecule has 0 bridgehead atoms. The van der Waals surface area contributed by atoms with Crippen molar-refractivity contribution in [3.8, 4) is 5.75 Å². The maximum absolute atomic E-state index is 11.4. The summed E-state index contributed by atoms with van der Waals surface area (Å²) in [5.74, 6) is -1.70. The van der Waals surface area contributed by atoms with E-state index in [0.29, 0.717) is 0 Å². The van der Waals surface area contributed by atoms with Gasteiger partial charge in [-0.05, 0) is 5.56 Å². The Hall–Kier alpha value is -3.24. The molecule has 2 rings (SSSR count). The molecular weight excluding hydrogens is 288 g/mol. The van der Waals surface area contributed by atoms with E-state index in [0.717, 1.165) is 12.1 Å². The van der Waals surface area contributed by atoms with E-state index in [4.69, 9.17) is 0 Å². The molecule has 1 atom stereocenters. The zero-order valence-electron chi connectivity index (χ0n) is 10.2. The van der Waals surface area contributed by atoms with Gasteiger partial charge in [0, 0.05) is 18.6 Å². The largest absolute Gasteiger partial charge is 0.497 e. The van der Waals surface area contributed by atoms with E-state index in [-0.39, 0.29) is 12.0 Å². The van der Waals surface area contributed by atoms with Crippen LogP contribution in [0.3, 0.4) is 0 Å². The Morgan fingerprint density at radius 2 is 1.67 bits per heavy atom. The van der Waals surface area contributed by atoms with E-state index in [1.807, 2.05) is 5.32 Å². The molecule has 0 aliphatic carbocycles. The standard InChI is InChI=1S/C10H8N4O7/c15-8-6(13(18)19)2-4(3-7(8)14(20)21)1-5-9(16)12-10(17)11-5/h2-3,5,15H,1H2,(H2,11,12,16,17). The van der Waals surface area contributed by atoms with Crippen molar-refractivity contribution >= 4 is 23.3 Å². The first-order valence-electron chi connectivity index (χ1n) is 5.55. The summed E-state index contributed by atoms with van der Waals surface area (Å²) < 4.78 is 0. The van der Waals surface area contributed by atoms with Gasteiger partial charge in [-0.15, -0.1) is 0 Å². The quantitative estimate of drug-likeness (QED) is 0.398. The van der Waals surface area contributed by atoms with Gasteiger partial charge < -0.3 is 10.4 Å². The molecule has 1 aliphatic rings. The number of hydrogen-bond acceptors (Lipinski definition) is 7. The van der Waals surface area contributed by atoms with E-state index < -0.39 is 45.0 Å². The summed E-state index contributed by atoms with van der Waals surface area (Å²) in [6.45, 7) is 0. The van der Waals surface area contributed by atoms with Gasteiger partial charge in [0.2, 0.25) is 0 Å². The van der Waals surface area contributed by atoms with Gasteiger partial charge in [0.05, 0.1) is 9.85 Å². The predicted molar refractivity (Wildman–Crippen MR) is 65.6 cm³/mol. The summed E-state index contributed by atoms with van der Waals surface area (Å²) in [7, 11) is 0. The first kappa shape index (κ1) is 14.2. The number of benzene rings is 1. The van der Waals surface area contributed by atoms with Crippen LogP contribution in [0.2, 0.25) is 0 Å². The van der Waals surface area contributed by atoms with Crippen LogP contribution in [-0.4, -0.2) is 32.9 Å². The first-order chi connectivity index (χ1) is 9.79. The number of hydrogen-bond donors (Lipinski definition) is 3. The molecule has 0 spiro atoms. The third-order valence-corrected chi connectivity index (χ3v) is 2.82. The number of carbonyl (C=O) groups excluding carboxylic acids is 2. The second-order valence-corrected chi connectivity index (χ2v) is 4.22. The number of nitro groups is 2. The van der Waals surface area contributed by atoms with Crippen LogP contribution < -0.4 is 10.6 Å². The van der Waals surface area contributed by atoms with E-state index in [1.54, 1.807) is 0 Å². The smallest absolute Gasteiger partial charge is 0.322 e. The van der Waals surface area contributed by atoms with Crippen molar-refractivity contribution in [2.45, 2.75) is 12.5 Å². The van der Waals surface area contributed by atoms with Crippen LogP contribution in [0.1, 0.15) is 5.56 Å². The number of nitrogens with one attached hydrogen (secondary N) is 2. The topological polar surface area (TPSA) is 165 Å². The highest BCUT2D eigenvalue weighted by Gasteiger charge is 2.32. The normalized spacial score (nSPS) is 17.2. The molecule has 1 aromatic carbocycles. The summed E-state index contributed by atoms with van der Waals surface area (Å²) in [5.41, 5.74) is -1.62. The van der Waals surface area contributed by atoms with Gasteiger partial charge in [-0.3, -0.25) is 30.3 Å². The molecular formula is C10H8N4O7. The van der Waals surface area contributed by atoms with E-state index in [9.17, 15) is 34.9 Å². The van der Waals surface area contributed by atoms with Crippen LogP contribution in [0.5, 0.6) is 5.75 Å². The summed E-state index contributed by atoms with van der Waals surface area (Å²) >= 11 is 0. The SMILES string of the molecule is O=C1NC(=O)C(Cc2cc([N+](=O)[O-])c(O)c([N+](=O)[O-])c2)N1. The van der Waals surface area contributed by atoms with E-state index >= 15 is 0 Å². The summed E-state index contributed by atoms with van der Waals surface area (Å²) in [6, 6.07) is 0.134. The third-order valence-electron chi connectivity index (χ3n) is 2.82. The Morgan fingerprint density at radius 3 is 2.05 bits per heavy atom. The van der Waals surface area contributed by atoms with Crippen LogP contribution in [0.4, 0.5) is 16.2 Å². The van der Waals surface area contributed by atoms with Gasteiger partial charge in [0.1, 0.15) is 6.04 Å². The molecule has 110 valence electrons. The average Bonchev–Trinajstić information content (AvgIpc) is 2.69. The second kappa shape index (κ2) is 5.03. The Morgan fingerprint density at radius 1 is 1.14 bits per heavy atom. The molecule has 11 nitrogen and oxygen atoms in total. The van der Waals surface area contributed by atoms with Crippen molar-refractivity contribution in [1.29, 1.82) is 0 Å². The van der Waals surface area contributed by atoms with E-state index in [2.05, 4.69) is 5.32 Å². The maximum Gasteiger partial charge on any atom is 0.322 e. The molecule has 21 heavy (non-hydrogen) atoms. The Balaban J connectivity index is 2.40. The maximum atomic E-state index is 11.4. The van der Waals surface area contributed by atoms with Gasteiger partial charge in [-0.25, -0.2) is 4.79 Å². The summed E-state index contributed by atoms with van der Waals surface area (Å²) in [4.78, 5) is 41.9. The monoisotopic (exact) mass is 296 g/mol. The minimum Gasteiger partial charge on any atom is -0.497 e. The first-order valence-corrected chi connectivity index (χ1v) is 5.55. The Bertz CT molecular complexity index is 636. The molecule has 11 heteroatoms. The number of phenols is 1. The second-order valence-electron chi connectivity index (χ2n) is 4.22. The molecule has 1 unspecified atom stereocenters. The Kier molecular flexibility index (Phi) is 3.40. The van der Waals surface area contributed by atoms with Crippen LogP contribution in [0.25, 0.3) is 0 Å². The molecule has 0 saturated carbocycles. The van der Waals surface area contributed by atoms with E-state index in [1.165, 1.54) is 0 Å². The number of amides is 3. The fourth-order valence-electron chi connectivity index (χ4n) is 1.90. The van der Waals surface area contributed by atoms with Crippen molar-refractivity contribution in [3.05, 3.63) is 37.9 Å². The number of nitrogens with zero attached hydrogens (tertiary/aromatic N) is 2. The van der Waals surface area contributed by atoms with Gasteiger partial charge in [-0.1, -0.05) is 0 Å². The molecule has 1 heterocycles. The predicted octanol–water partition coefficient (Wildman–Crippen LogP) is -0.0409. The molecule has 1 fully saturated rings. The lowest BCUT2D eigenvalue weighted by Gasteiger charge is -2.07. The van der Waals surface area contributed by atoms with Crippen molar-refractivity contribution in [2.75, 3.05) is 0 Å². The molecule has 1 aromatic rings. The zero-order valence-corrected chi connectivity index (χ0v) is 10.2.